The van der Waals surface area contributed by atoms with Gasteiger partial charge in [-0.25, -0.2) is 4.79 Å². The molecular weight excluding hydrogens is 456 g/mol. The normalized spacial score (nSPS) is 14.6. The third-order valence-electron chi connectivity index (χ3n) is 5.80. The maximum Gasteiger partial charge on any atom is 0.330 e. The first kappa shape index (κ1) is 32.1. The lowest BCUT2D eigenvalue weighted by atomic mass is 10.0. The van der Waals surface area contributed by atoms with Gasteiger partial charge >= 0.3 is 5.97 Å². The van der Waals surface area contributed by atoms with Crippen molar-refractivity contribution in [2.24, 2.45) is 0 Å². The molecule has 0 heterocycles. The monoisotopic (exact) mass is 506 g/mol. The van der Waals surface area contributed by atoms with Crippen LogP contribution in [0.25, 0.3) is 0 Å². The fraction of sp³-hybridized carbons (Fsp3) is 0.700. The number of carbonyl (C=O) groups excluding carboxylic acids is 1. The van der Waals surface area contributed by atoms with E-state index in [1.807, 2.05) is 27.7 Å². The predicted molar refractivity (Wildman–Crippen MR) is 146 cm³/mol. The molecule has 0 radical (unpaired) electrons. The van der Waals surface area contributed by atoms with Gasteiger partial charge in [-0.1, -0.05) is 64.2 Å². The predicted octanol–water partition coefficient (Wildman–Crippen LogP) is 6.69. The Morgan fingerprint density at radius 3 is 1.81 bits per heavy atom. The van der Waals surface area contributed by atoms with Gasteiger partial charge in [-0.3, -0.25) is 0 Å². The molecule has 1 rings (SSSR count). The van der Waals surface area contributed by atoms with Gasteiger partial charge in [-0.05, 0) is 58.2 Å². The minimum absolute atomic E-state index is 0.0543. The molecule has 36 heavy (non-hydrogen) atoms. The largest absolute Gasteiger partial charge is 0.488 e. The van der Waals surface area contributed by atoms with Gasteiger partial charge in [0.15, 0.2) is 0 Å². The van der Waals surface area contributed by atoms with E-state index in [2.05, 4.69) is 37.8 Å². The summed E-state index contributed by atoms with van der Waals surface area (Å²) in [5.41, 5.74) is 1.37. The third kappa shape index (κ3) is 16.7. The number of rotatable bonds is 22. The first-order valence-electron chi connectivity index (χ1n) is 13.7. The van der Waals surface area contributed by atoms with Crippen LogP contribution in [-0.2, 0) is 30.2 Å². The van der Waals surface area contributed by atoms with Crippen LogP contribution in [-0.4, -0.2) is 56.8 Å². The molecule has 0 aliphatic carbocycles. The topological polar surface area (TPSA) is 63.2 Å². The second kappa shape index (κ2) is 20.2. The Kier molecular flexibility index (Phi) is 18.0. The summed E-state index contributed by atoms with van der Waals surface area (Å²) in [6.07, 6.45) is 11.2. The highest BCUT2D eigenvalue weighted by Crippen LogP contribution is 2.17. The number of aryl methyl sites for hydroxylation is 1. The average molecular weight is 507 g/mol. The summed E-state index contributed by atoms with van der Waals surface area (Å²) in [4.78, 5) is 11.1. The van der Waals surface area contributed by atoms with Crippen LogP contribution in [0, 0.1) is 0 Å². The van der Waals surface area contributed by atoms with Crippen molar-refractivity contribution in [3.05, 3.63) is 42.5 Å². The Hall–Kier alpha value is -1.89. The molecule has 0 fully saturated rings. The molecule has 1 aromatic rings. The van der Waals surface area contributed by atoms with Crippen LogP contribution in [0.4, 0.5) is 0 Å². The van der Waals surface area contributed by atoms with E-state index in [-0.39, 0.29) is 31.0 Å². The fourth-order valence-corrected chi connectivity index (χ4v) is 3.59. The van der Waals surface area contributed by atoms with Crippen molar-refractivity contribution in [1.82, 2.24) is 0 Å². The quantitative estimate of drug-likeness (QED) is 0.0991. The standard InChI is InChI=1S/C30H50O6/c1-7-9-10-11-12-13-14-15-28-16-18-29(19-17-28)36-27(6)23-34-25(4)21-32-24(3)20-33-26(5)22-35-30(31)8-2/h8,16-19,24-27H,2,7,9-15,20-23H2,1,3-6H3. The van der Waals surface area contributed by atoms with Crippen molar-refractivity contribution in [3.8, 4) is 5.75 Å². The number of ether oxygens (including phenoxy) is 5. The van der Waals surface area contributed by atoms with Crippen LogP contribution in [0.2, 0.25) is 0 Å². The van der Waals surface area contributed by atoms with Crippen molar-refractivity contribution in [2.45, 2.75) is 110 Å². The molecule has 0 spiro atoms. The molecule has 6 nitrogen and oxygen atoms in total. The van der Waals surface area contributed by atoms with Crippen LogP contribution in [0.15, 0.2) is 36.9 Å². The van der Waals surface area contributed by atoms with Crippen molar-refractivity contribution in [3.63, 3.8) is 0 Å². The van der Waals surface area contributed by atoms with Crippen LogP contribution < -0.4 is 4.74 Å². The van der Waals surface area contributed by atoms with Crippen molar-refractivity contribution in [1.29, 1.82) is 0 Å². The van der Waals surface area contributed by atoms with Crippen LogP contribution in [0.3, 0.4) is 0 Å². The number of carbonyl (C=O) groups is 1. The lowest BCUT2D eigenvalue weighted by molar-refractivity contribution is -0.142. The van der Waals surface area contributed by atoms with Crippen molar-refractivity contribution in [2.75, 3.05) is 26.4 Å². The van der Waals surface area contributed by atoms with Gasteiger partial charge in [0.2, 0.25) is 0 Å². The number of unbranched alkanes of at least 4 members (excludes halogenated alkanes) is 6. The van der Waals surface area contributed by atoms with E-state index in [9.17, 15) is 4.79 Å². The molecule has 4 atom stereocenters. The number of hydrogen-bond acceptors (Lipinski definition) is 6. The van der Waals surface area contributed by atoms with Crippen molar-refractivity contribution < 1.29 is 28.5 Å². The Morgan fingerprint density at radius 2 is 1.25 bits per heavy atom. The van der Waals surface area contributed by atoms with E-state index in [1.54, 1.807) is 0 Å². The Morgan fingerprint density at radius 1 is 0.750 bits per heavy atom. The molecule has 0 aromatic heterocycles. The summed E-state index contributed by atoms with van der Waals surface area (Å²) in [5.74, 6) is 0.423. The molecule has 206 valence electrons. The molecule has 0 amide bonds. The van der Waals surface area contributed by atoms with Gasteiger partial charge in [-0.2, -0.15) is 0 Å². The Labute approximate surface area is 219 Å². The summed E-state index contributed by atoms with van der Waals surface area (Å²) in [7, 11) is 0. The maximum atomic E-state index is 11.1. The highest BCUT2D eigenvalue weighted by atomic mass is 16.6. The highest BCUT2D eigenvalue weighted by Gasteiger charge is 2.12. The number of esters is 1. The van der Waals surface area contributed by atoms with E-state index in [1.165, 1.54) is 50.5 Å². The summed E-state index contributed by atoms with van der Waals surface area (Å²) < 4.78 is 28.3. The average Bonchev–Trinajstić information content (AvgIpc) is 2.88. The van der Waals surface area contributed by atoms with Gasteiger partial charge < -0.3 is 23.7 Å². The van der Waals surface area contributed by atoms with E-state index in [0.717, 1.165) is 18.2 Å². The van der Waals surface area contributed by atoms with E-state index in [4.69, 9.17) is 23.7 Å². The SMILES string of the molecule is C=CC(=O)OCC(C)OCC(C)OCC(C)OCC(C)Oc1ccc(CCCCCCCCC)cc1. The minimum Gasteiger partial charge on any atom is -0.488 e. The van der Waals surface area contributed by atoms with Gasteiger partial charge in [-0.15, -0.1) is 0 Å². The molecule has 0 saturated carbocycles. The fourth-order valence-electron chi connectivity index (χ4n) is 3.59. The first-order valence-corrected chi connectivity index (χ1v) is 13.7. The zero-order valence-corrected chi connectivity index (χ0v) is 23.3. The van der Waals surface area contributed by atoms with E-state index >= 15 is 0 Å². The molecule has 0 bridgehead atoms. The summed E-state index contributed by atoms with van der Waals surface area (Å²) in [5, 5.41) is 0. The van der Waals surface area contributed by atoms with Gasteiger partial charge in [0.05, 0.1) is 38.1 Å². The second-order valence-corrected chi connectivity index (χ2v) is 9.71. The van der Waals surface area contributed by atoms with Crippen LogP contribution in [0.1, 0.15) is 85.1 Å². The molecular formula is C30H50O6. The Bertz CT molecular complexity index is 689. The minimum atomic E-state index is -0.449. The Balaban J connectivity index is 2.15. The molecule has 0 N–H and O–H groups in total. The van der Waals surface area contributed by atoms with Crippen molar-refractivity contribution >= 4 is 5.97 Å². The van der Waals surface area contributed by atoms with Gasteiger partial charge in [0.1, 0.15) is 18.5 Å². The molecule has 1 aromatic carbocycles. The number of hydrogen-bond donors (Lipinski definition) is 0. The smallest absolute Gasteiger partial charge is 0.330 e. The summed E-state index contributed by atoms with van der Waals surface area (Å²) in [6, 6.07) is 8.45. The summed E-state index contributed by atoms with van der Waals surface area (Å²) >= 11 is 0. The van der Waals surface area contributed by atoms with Gasteiger partial charge in [0, 0.05) is 6.08 Å². The third-order valence-corrected chi connectivity index (χ3v) is 5.80. The highest BCUT2D eigenvalue weighted by molar-refractivity contribution is 5.81. The molecule has 0 saturated heterocycles. The van der Waals surface area contributed by atoms with Gasteiger partial charge in [0.25, 0.3) is 0 Å². The van der Waals surface area contributed by atoms with E-state index in [0.29, 0.717) is 19.8 Å². The number of benzene rings is 1. The second-order valence-electron chi connectivity index (χ2n) is 9.71. The van der Waals surface area contributed by atoms with Crippen LogP contribution in [0.5, 0.6) is 5.75 Å². The maximum absolute atomic E-state index is 11.1. The molecule has 4 unspecified atom stereocenters. The molecule has 6 heteroatoms. The lowest BCUT2D eigenvalue weighted by Gasteiger charge is -2.21. The molecule has 0 aliphatic rings. The van der Waals surface area contributed by atoms with Crippen LogP contribution >= 0.6 is 0 Å². The zero-order chi connectivity index (χ0) is 26.6. The molecule has 0 aliphatic heterocycles. The zero-order valence-electron chi connectivity index (χ0n) is 23.3. The van der Waals surface area contributed by atoms with E-state index < -0.39 is 5.97 Å². The first-order chi connectivity index (χ1) is 17.3. The lowest BCUT2D eigenvalue weighted by Crippen LogP contribution is -2.29. The summed E-state index contributed by atoms with van der Waals surface area (Å²) in [6.45, 7) is 15.0.